The van der Waals surface area contributed by atoms with Crippen LogP contribution in [0.1, 0.15) is 6.92 Å². The Morgan fingerprint density at radius 1 is 1.80 bits per heavy atom. The van der Waals surface area contributed by atoms with Gasteiger partial charge in [0, 0.05) is 0 Å². The Kier molecular flexibility index (Phi) is 2.70. The molecule has 0 aromatic carbocycles. The molecule has 0 saturated carbocycles. The molecule has 0 aliphatic carbocycles. The van der Waals surface area contributed by atoms with Gasteiger partial charge >= 0.3 is 0 Å². The molecular formula is C3H8OS. The predicted molar refractivity (Wildman–Crippen MR) is 24.6 cm³/mol. The largest absolute Gasteiger partial charge is 0.617 e. The molecule has 0 aliphatic rings. The summed E-state index contributed by atoms with van der Waals surface area (Å²) in [5.41, 5.74) is 0. The molecule has 0 aliphatic heterocycles. The van der Waals surface area contributed by atoms with Crippen LogP contribution in [0, 0.1) is 0 Å². The molecule has 5 heavy (non-hydrogen) atoms. The SMILES string of the molecule is CC[S@+](C)[O-]. The molecule has 0 fully saturated rings. The van der Waals surface area contributed by atoms with Crippen molar-refractivity contribution in [2.75, 3.05) is 12.0 Å². The Balaban J connectivity index is 2.54. The van der Waals surface area contributed by atoms with E-state index in [0.717, 1.165) is 5.75 Å². The third-order valence-electron chi connectivity index (χ3n) is 0.407. The first kappa shape index (κ1) is 5.31. The van der Waals surface area contributed by atoms with E-state index in [1.165, 1.54) is 0 Å². The van der Waals surface area contributed by atoms with Gasteiger partial charge < -0.3 is 4.55 Å². The van der Waals surface area contributed by atoms with Crippen LogP contribution in [0.2, 0.25) is 0 Å². The molecule has 0 N–H and O–H groups in total. The normalized spacial score (nSPS) is 15.0. The highest BCUT2D eigenvalue weighted by molar-refractivity contribution is 7.90. The highest BCUT2D eigenvalue weighted by Crippen LogP contribution is 1.75. The molecule has 1 atom stereocenters. The average molecular weight is 92.2 g/mol. The zero-order valence-corrected chi connectivity index (χ0v) is 4.34. The Labute approximate surface area is 35.6 Å². The van der Waals surface area contributed by atoms with Crippen molar-refractivity contribution in [3.05, 3.63) is 0 Å². The second-order valence-electron chi connectivity index (χ2n) is 0.862. The summed E-state index contributed by atoms with van der Waals surface area (Å²) >= 11 is -0.573. The van der Waals surface area contributed by atoms with E-state index >= 15 is 0 Å². The summed E-state index contributed by atoms with van der Waals surface area (Å²) in [4.78, 5) is 0. The minimum atomic E-state index is -0.573. The van der Waals surface area contributed by atoms with Crippen LogP contribution in [-0.4, -0.2) is 16.6 Å². The van der Waals surface area contributed by atoms with Gasteiger partial charge in [-0.3, -0.25) is 0 Å². The van der Waals surface area contributed by atoms with Crippen molar-refractivity contribution >= 4 is 11.2 Å². The summed E-state index contributed by atoms with van der Waals surface area (Å²) in [5, 5.41) is 0. The van der Waals surface area contributed by atoms with Gasteiger partial charge in [0.1, 0.15) is 5.75 Å². The zero-order valence-electron chi connectivity index (χ0n) is 3.52. The minimum absolute atomic E-state index is 0.573. The van der Waals surface area contributed by atoms with Crippen LogP contribution in [0.3, 0.4) is 0 Å². The molecular weight excluding hydrogens is 84.1 g/mol. The molecule has 2 heteroatoms. The Bertz CT molecular complexity index is 20.9. The van der Waals surface area contributed by atoms with E-state index in [1.54, 1.807) is 6.26 Å². The van der Waals surface area contributed by atoms with Gasteiger partial charge in [0.2, 0.25) is 0 Å². The lowest BCUT2D eigenvalue weighted by atomic mass is 11.0. The highest BCUT2D eigenvalue weighted by atomic mass is 32.2. The minimum Gasteiger partial charge on any atom is -0.617 e. The smallest absolute Gasteiger partial charge is 0.102 e. The van der Waals surface area contributed by atoms with E-state index in [0.29, 0.717) is 0 Å². The summed E-state index contributed by atoms with van der Waals surface area (Å²) < 4.78 is 9.92. The van der Waals surface area contributed by atoms with E-state index < -0.39 is 11.2 Å². The maximum Gasteiger partial charge on any atom is 0.102 e. The molecule has 0 heterocycles. The van der Waals surface area contributed by atoms with E-state index in [9.17, 15) is 4.55 Å². The maximum absolute atomic E-state index is 9.92. The Morgan fingerprint density at radius 2 is 2.00 bits per heavy atom. The second-order valence-corrected chi connectivity index (χ2v) is 2.59. The first-order chi connectivity index (χ1) is 2.27. The Morgan fingerprint density at radius 3 is 2.00 bits per heavy atom. The van der Waals surface area contributed by atoms with Crippen molar-refractivity contribution in [2.45, 2.75) is 6.92 Å². The second kappa shape index (κ2) is 2.54. The van der Waals surface area contributed by atoms with Crippen LogP contribution in [-0.2, 0) is 11.2 Å². The monoisotopic (exact) mass is 92.0 g/mol. The van der Waals surface area contributed by atoms with Gasteiger partial charge in [-0.15, -0.1) is 0 Å². The standard InChI is InChI=1S/C3H8OS/c1-3-5(2)4/h3H2,1-2H3/t5-/m0/s1. The van der Waals surface area contributed by atoms with Gasteiger partial charge in [0.15, 0.2) is 0 Å². The zero-order chi connectivity index (χ0) is 4.28. The summed E-state index contributed by atoms with van der Waals surface area (Å²) in [6, 6.07) is 0. The van der Waals surface area contributed by atoms with Crippen LogP contribution in [0.4, 0.5) is 0 Å². The average Bonchev–Trinajstić information content (AvgIpc) is 1.38. The van der Waals surface area contributed by atoms with Gasteiger partial charge in [-0.25, -0.2) is 0 Å². The molecule has 0 aromatic heterocycles. The fourth-order valence-corrected chi connectivity index (χ4v) is 0. The molecule has 0 amide bonds. The molecule has 0 rings (SSSR count). The summed E-state index contributed by atoms with van der Waals surface area (Å²) in [6.07, 6.45) is 1.69. The van der Waals surface area contributed by atoms with Crippen LogP contribution < -0.4 is 0 Å². The van der Waals surface area contributed by atoms with Crippen molar-refractivity contribution in [2.24, 2.45) is 0 Å². The summed E-state index contributed by atoms with van der Waals surface area (Å²) in [7, 11) is 0. The first-order valence-electron chi connectivity index (χ1n) is 1.57. The number of hydrogen-bond donors (Lipinski definition) is 0. The van der Waals surface area contributed by atoms with Gasteiger partial charge in [-0.1, -0.05) is 11.2 Å². The van der Waals surface area contributed by atoms with Gasteiger partial charge in [0.05, 0.1) is 6.26 Å². The van der Waals surface area contributed by atoms with Crippen molar-refractivity contribution in [1.82, 2.24) is 0 Å². The molecule has 0 radical (unpaired) electrons. The van der Waals surface area contributed by atoms with E-state index in [2.05, 4.69) is 0 Å². The summed E-state index contributed by atoms with van der Waals surface area (Å²) in [5.74, 6) is 0.778. The maximum atomic E-state index is 9.92. The van der Waals surface area contributed by atoms with Crippen molar-refractivity contribution in [1.29, 1.82) is 0 Å². The molecule has 1 nitrogen and oxygen atoms in total. The fourth-order valence-electron chi connectivity index (χ4n) is 0. The topological polar surface area (TPSA) is 23.1 Å². The van der Waals surface area contributed by atoms with Crippen LogP contribution in [0.25, 0.3) is 0 Å². The van der Waals surface area contributed by atoms with Crippen LogP contribution in [0.5, 0.6) is 0 Å². The van der Waals surface area contributed by atoms with Crippen molar-refractivity contribution < 1.29 is 4.55 Å². The molecule has 0 spiro atoms. The molecule has 0 saturated heterocycles. The highest BCUT2D eigenvalue weighted by Gasteiger charge is 1.81. The molecule has 0 unspecified atom stereocenters. The van der Waals surface area contributed by atoms with Gasteiger partial charge in [0.25, 0.3) is 0 Å². The van der Waals surface area contributed by atoms with E-state index in [4.69, 9.17) is 0 Å². The van der Waals surface area contributed by atoms with Gasteiger partial charge in [-0.2, -0.15) is 0 Å². The first-order valence-corrected chi connectivity index (χ1v) is 3.30. The van der Waals surface area contributed by atoms with Crippen LogP contribution >= 0.6 is 0 Å². The summed E-state index contributed by atoms with van der Waals surface area (Å²) in [6.45, 7) is 1.90. The lowest BCUT2D eigenvalue weighted by molar-refractivity contribution is 0.602. The fraction of sp³-hybridized carbons (Fsp3) is 1.00. The molecule has 0 bridgehead atoms. The van der Waals surface area contributed by atoms with Crippen molar-refractivity contribution in [3.63, 3.8) is 0 Å². The van der Waals surface area contributed by atoms with Gasteiger partial charge in [-0.05, 0) is 6.92 Å². The van der Waals surface area contributed by atoms with E-state index in [-0.39, 0.29) is 0 Å². The lowest BCUT2D eigenvalue weighted by Gasteiger charge is -1.95. The van der Waals surface area contributed by atoms with Crippen LogP contribution in [0.15, 0.2) is 0 Å². The van der Waals surface area contributed by atoms with Crippen molar-refractivity contribution in [3.8, 4) is 0 Å². The predicted octanol–water partition coefficient (Wildman–Crippen LogP) is 0.385. The Hall–Kier alpha value is 0.310. The molecule has 0 aromatic rings. The third kappa shape index (κ3) is 4.31. The number of hydrogen-bond acceptors (Lipinski definition) is 1. The quantitative estimate of drug-likeness (QED) is 0.429. The number of rotatable bonds is 1. The van der Waals surface area contributed by atoms with E-state index in [1.807, 2.05) is 6.92 Å². The third-order valence-corrected chi connectivity index (χ3v) is 1.22. The molecule has 32 valence electrons. The lowest BCUT2D eigenvalue weighted by Crippen LogP contribution is -1.96.